The van der Waals surface area contributed by atoms with Crippen LogP contribution in [0.3, 0.4) is 0 Å². The molecule has 0 saturated carbocycles. The van der Waals surface area contributed by atoms with Crippen LogP contribution in [0.1, 0.15) is 23.6 Å². The third-order valence-corrected chi connectivity index (χ3v) is 3.57. The Labute approximate surface area is 105 Å². The van der Waals surface area contributed by atoms with E-state index in [2.05, 4.69) is 0 Å². The number of nitrogens with two attached hydrogens (primary N) is 1. The highest BCUT2D eigenvalue weighted by molar-refractivity contribution is 5.36. The van der Waals surface area contributed by atoms with Crippen molar-refractivity contribution < 1.29 is 13.2 Å². The molecule has 0 radical (unpaired) electrons. The summed E-state index contributed by atoms with van der Waals surface area (Å²) in [5, 5.41) is 0. The molecule has 0 fully saturated rings. The maximum atomic E-state index is 12.2. The van der Waals surface area contributed by atoms with E-state index in [0.717, 1.165) is 17.5 Å². The fourth-order valence-electron chi connectivity index (χ4n) is 2.50. The zero-order valence-electron chi connectivity index (χ0n) is 10.2. The van der Waals surface area contributed by atoms with Crippen molar-refractivity contribution in [3.05, 3.63) is 35.4 Å². The number of nitrogens with zero attached hydrogens (tertiary/aromatic N) is 1. The van der Waals surface area contributed by atoms with Crippen LogP contribution in [0.5, 0.6) is 0 Å². The summed E-state index contributed by atoms with van der Waals surface area (Å²) < 4.78 is 36.6. The number of fused-ring (bicyclic) bond motifs is 1. The minimum absolute atomic E-state index is 0.00411. The Morgan fingerprint density at radius 3 is 2.61 bits per heavy atom. The molecule has 0 bridgehead atoms. The molecule has 1 aromatic rings. The molecule has 1 aromatic carbocycles. The Hall–Kier alpha value is -1.07. The lowest BCUT2D eigenvalue weighted by atomic mass is 10.1. The Balaban J connectivity index is 2.00. The first-order chi connectivity index (χ1) is 8.38. The Kier molecular flexibility index (Phi) is 3.64. The van der Waals surface area contributed by atoms with Crippen LogP contribution in [0.4, 0.5) is 13.2 Å². The van der Waals surface area contributed by atoms with Gasteiger partial charge in [0, 0.05) is 18.6 Å². The normalized spacial score (nSPS) is 23.4. The molecule has 0 aromatic heterocycles. The van der Waals surface area contributed by atoms with E-state index < -0.39 is 12.6 Å². The van der Waals surface area contributed by atoms with Gasteiger partial charge in [0.1, 0.15) is 0 Å². The van der Waals surface area contributed by atoms with Gasteiger partial charge in [0.2, 0.25) is 0 Å². The van der Waals surface area contributed by atoms with Gasteiger partial charge in [-0.15, -0.1) is 0 Å². The lowest BCUT2D eigenvalue weighted by Crippen LogP contribution is -2.40. The third-order valence-electron chi connectivity index (χ3n) is 3.57. The summed E-state index contributed by atoms with van der Waals surface area (Å²) in [6, 6.07) is 7.56. The van der Waals surface area contributed by atoms with Crippen molar-refractivity contribution in [1.82, 2.24) is 4.90 Å². The van der Waals surface area contributed by atoms with Crippen molar-refractivity contribution in [1.29, 1.82) is 0 Å². The molecule has 2 atom stereocenters. The summed E-state index contributed by atoms with van der Waals surface area (Å²) >= 11 is 0. The highest BCUT2D eigenvalue weighted by atomic mass is 19.4. The Morgan fingerprint density at radius 2 is 2.00 bits per heavy atom. The number of hydrogen-bond acceptors (Lipinski definition) is 2. The lowest BCUT2D eigenvalue weighted by Gasteiger charge is -2.28. The average molecular weight is 258 g/mol. The quantitative estimate of drug-likeness (QED) is 0.902. The first-order valence-electron chi connectivity index (χ1n) is 5.99. The molecule has 1 aliphatic carbocycles. The van der Waals surface area contributed by atoms with E-state index in [1.54, 1.807) is 11.9 Å². The van der Waals surface area contributed by atoms with Crippen molar-refractivity contribution in [2.24, 2.45) is 5.73 Å². The number of hydrogen-bond donors (Lipinski definition) is 1. The number of likely N-dealkylation sites (N-methyl/N-ethyl adjacent to an activating group) is 1. The van der Waals surface area contributed by atoms with E-state index in [4.69, 9.17) is 5.73 Å². The lowest BCUT2D eigenvalue weighted by molar-refractivity contribution is -0.138. The molecule has 2 N–H and O–H groups in total. The van der Waals surface area contributed by atoms with Crippen molar-refractivity contribution >= 4 is 0 Å². The highest BCUT2D eigenvalue weighted by Crippen LogP contribution is 2.32. The monoisotopic (exact) mass is 258 g/mol. The van der Waals surface area contributed by atoms with Crippen LogP contribution in [0, 0.1) is 0 Å². The van der Waals surface area contributed by atoms with Gasteiger partial charge < -0.3 is 10.6 Å². The SMILES string of the molecule is CN(CCC(F)(F)F)C1Cc2ccccc2C1N. The van der Waals surface area contributed by atoms with Crippen LogP contribution in [-0.2, 0) is 6.42 Å². The molecule has 5 heteroatoms. The molecule has 18 heavy (non-hydrogen) atoms. The van der Waals surface area contributed by atoms with Gasteiger partial charge in [-0.25, -0.2) is 0 Å². The number of benzene rings is 1. The molecule has 1 aliphatic rings. The Bertz CT molecular complexity index is 417. The van der Waals surface area contributed by atoms with Crippen molar-refractivity contribution in [3.8, 4) is 0 Å². The van der Waals surface area contributed by atoms with E-state index in [1.807, 2.05) is 24.3 Å². The highest BCUT2D eigenvalue weighted by Gasteiger charge is 2.34. The zero-order chi connectivity index (χ0) is 13.3. The van der Waals surface area contributed by atoms with Crippen LogP contribution in [-0.4, -0.2) is 30.7 Å². The smallest absolute Gasteiger partial charge is 0.323 e. The molecule has 2 unspecified atom stereocenters. The third kappa shape index (κ3) is 2.84. The number of halogens is 3. The second-order valence-electron chi connectivity index (χ2n) is 4.84. The molecule has 0 heterocycles. The Morgan fingerprint density at radius 1 is 1.33 bits per heavy atom. The molecule has 0 aliphatic heterocycles. The van der Waals surface area contributed by atoms with Gasteiger partial charge in [0.15, 0.2) is 0 Å². The summed E-state index contributed by atoms with van der Waals surface area (Å²) in [5.74, 6) is 0. The second kappa shape index (κ2) is 4.90. The zero-order valence-corrected chi connectivity index (χ0v) is 10.2. The molecule has 0 saturated heterocycles. The van der Waals surface area contributed by atoms with Crippen molar-refractivity contribution in [2.75, 3.05) is 13.6 Å². The van der Waals surface area contributed by atoms with Gasteiger partial charge in [-0.1, -0.05) is 24.3 Å². The van der Waals surface area contributed by atoms with Gasteiger partial charge in [0.05, 0.1) is 6.42 Å². The molecular weight excluding hydrogens is 241 g/mol. The molecule has 2 nitrogen and oxygen atoms in total. The summed E-state index contributed by atoms with van der Waals surface area (Å²) in [6.07, 6.45) is -4.17. The van der Waals surface area contributed by atoms with E-state index in [-0.39, 0.29) is 18.6 Å². The van der Waals surface area contributed by atoms with Crippen molar-refractivity contribution in [2.45, 2.75) is 31.1 Å². The topological polar surface area (TPSA) is 29.3 Å². The van der Waals surface area contributed by atoms with Crippen LogP contribution in [0.2, 0.25) is 0 Å². The molecular formula is C13H17F3N2. The fraction of sp³-hybridized carbons (Fsp3) is 0.538. The molecule has 0 spiro atoms. The first-order valence-corrected chi connectivity index (χ1v) is 5.99. The van der Waals surface area contributed by atoms with Gasteiger partial charge >= 0.3 is 6.18 Å². The maximum absolute atomic E-state index is 12.2. The van der Waals surface area contributed by atoms with Gasteiger partial charge in [-0.2, -0.15) is 13.2 Å². The van der Waals surface area contributed by atoms with Crippen LogP contribution >= 0.6 is 0 Å². The largest absolute Gasteiger partial charge is 0.390 e. The molecule has 100 valence electrons. The maximum Gasteiger partial charge on any atom is 0.390 e. The fourth-order valence-corrected chi connectivity index (χ4v) is 2.50. The van der Waals surface area contributed by atoms with Crippen molar-refractivity contribution in [3.63, 3.8) is 0 Å². The summed E-state index contributed by atoms with van der Waals surface area (Å²) in [7, 11) is 1.71. The summed E-state index contributed by atoms with van der Waals surface area (Å²) in [5.41, 5.74) is 8.31. The van der Waals surface area contributed by atoms with Crippen LogP contribution in [0.15, 0.2) is 24.3 Å². The van der Waals surface area contributed by atoms with E-state index in [1.165, 1.54) is 0 Å². The summed E-state index contributed by atoms with van der Waals surface area (Å²) in [6.45, 7) is -0.00411. The van der Waals surface area contributed by atoms with E-state index >= 15 is 0 Å². The van der Waals surface area contributed by atoms with Gasteiger partial charge in [-0.3, -0.25) is 0 Å². The number of rotatable bonds is 3. The standard InChI is InChI=1S/C13H17F3N2/c1-18(7-6-13(14,15)16)11-8-9-4-2-3-5-10(9)12(11)17/h2-5,11-12H,6-8,17H2,1H3. The minimum Gasteiger partial charge on any atom is -0.323 e. The minimum atomic E-state index is -4.11. The predicted octanol–water partition coefficient (Wildman–Crippen LogP) is 2.50. The number of alkyl halides is 3. The average Bonchev–Trinajstić information content (AvgIpc) is 2.64. The van der Waals surface area contributed by atoms with Crippen LogP contribution < -0.4 is 5.73 Å². The summed E-state index contributed by atoms with van der Waals surface area (Å²) in [4.78, 5) is 1.72. The van der Waals surface area contributed by atoms with E-state index in [9.17, 15) is 13.2 Å². The van der Waals surface area contributed by atoms with Gasteiger partial charge in [0.25, 0.3) is 0 Å². The second-order valence-corrected chi connectivity index (χ2v) is 4.84. The van der Waals surface area contributed by atoms with Crippen LogP contribution in [0.25, 0.3) is 0 Å². The predicted molar refractivity (Wildman–Crippen MR) is 64.2 cm³/mol. The molecule has 0 amide bonds. The first kappa shape index (κ1) is 13.4. The van der Waals surface area contributed by atoms with E-state index in [0.29, 0.717) is 0 Å². The van der Waals surface area contributed by atoms with Gasteiger partial charge in [-0.05, 0) is 24.6 Å². The molecule has 2 rings (SSSR count).